The molecule has 7 heteroatoms. The van der Waals surface area contributed by atoms with E-state index in [-0.39, 0.29) is 23.7 Å². The van der Waals surface area contributed by atoms with Gasteiger partial charge in [-0.3, -0.25) is 0 Å². The molecule has 0 atom stereocenters. The highest BCUT2D eigenvalue weighted by molar-refractivity contribution is 9.10. The highest BCUT2D eigenvalue weighted by atomic mass is 79.9. The highest BCUT2D eigenvalue weighted by Crippen LogP contribution is 2.36. The Bertz CT molecular complexity index is 471. The van der Waals surface area contributed by atoms with Gasteiger partial charge < -0.3 is 19.3 Å². The van der Waals surface area contributed by atoms with E-state index in [4.69, 9.17) is 14.6 Å². The Labute approximate surface area is 112 Å². The quantitative estimate of drug-likeness (QED) is 0.832. The number of benzene rings is 1. The summed E-state index contributed by atoms with van der Waals surface area (Å²) in [6, 6.07) is 2.66. The highest BCUT2D eigenvalue weighted by Gasteiger charge is 2.16. The lowest BCUT2D eigenvalue weighted by Crippen LogP contribution is -2.13. The number of aromatic carboxylic acids is 1. The summed E-state index contributed by atoms with van der Waals surface area (Å²) in [5.74, 6) is -1.18. The van der Waals surface area contributed by atoms with E-state index in [1.54, 1.807) is 0 Å². The Morgan fingerprint density at radius 2 is 2.00 bits per heavy atom. The average Bonchev–Trinajstić information content (AvgIpc) is 2.35. The zero-order valence-corrected chi connectivity index (χ0v) is 11.3. The monoisotopic (exact) mass is 318 g/mol. The third-order valence-corrected chi connectivity index (χ3v) is 2.63. The van der Waals surface area contributed by atoms with Gasteiger partial charge >= 0.3 is 11.9 Å². The lowest BCUT2D eigenvalue weighted by molar-refractivity contribution is -0.142. The first-order chi connectivity index (χ1) is 8.49. The second-order valence-corrected chi connectivity index (χ2v) is 4.01. The van der Waals surface area contributed by atoms with Gasteiger partial charge in [0.15, 0.2) is 18.1 Å². The summed E-state index contributed by atoms with van der Waals surface area (Å²) < 4.78 is 15.0. The number of hydrogen-bond donors (Lipinski definition) is 1. The number of carboxylic acids is 1. The largest absolute Gasteiger partial charge is 0.493 e. The van der Waals surface area contributed by atoms with Crippen LogP contribution in [0.2, 0.25) is 0 Å². The molecule has 0 aliphatic rings. The molecule has 1 aromatic carbocycles. The second kappa shape index (κ2) is 6.25. The first kappa shape index (κ1) is 14.3. The van der Waals surface area contributed by atoms with E-state index in [0.29, 0.717) is 4.47 Å². The van der Waals surface area contributed by atoms with Crippen LogP contribution in [0.4, 0.5) is 0 Å². The number of methoxy groups -OCH3 is 2. The molecule has 0 unspecified atom stereocenters. The van der Waals surface area contributed by atoms with Crippen LogP contribution in [0.25, 0.3) is 0 Å². The summed E-state index contributed by atoms with van der Waals surface area (Å²) in [6.07, 6.45) is 0. The predicted octanol–water partition coefficient (Wildman–Crippen LogP) is 1.71. The van der Waals surface area contributed by atoms with Crippen molar-refractivity contribution in [3.63, 3.8) is 0 Å². The van der Waals surface area contributed by atoms with E-state index in [9.17, 15) is 9.59 Å². The Morgan fingerprint density at radius 3 is 2.50 bits per heavy atom. The van der Waals surface area contributed by atoms with Gasteiger partial charge in [-0.25, -0.2) is 9.59 Å². The van der Waals surface area contributed by atoms with Crippen LogP contribution in [0.3, 0.4) is 0 Å². The van der Waals surface area contributed by atoms with E-state index in [0.717, 1.165) is 0 Å². The van der Waals surface area contributed by atoms with Gasteiger partial charge in [-0.1, -0.05) is 0 Å². The number of ether oxygens (including phenoxy) is 3. The molecule has 98 valence electrons. The zero-order valence-electron chi connectivity index (χ0n) is 9.73. The zero-order chi connectivity index (χ0) is 13.7. The number of halogens is 1. The summed E-state index contributed by atoms with van der Waals surface area (Å²) >= 11 is 3.16. The molecule has 0 amide bonds. The van der Waals surface area contributed by atoms with Crippen LogP contribution in [0, 0.1) is 0 Å². The van der Waals surface area contributed by atoms with Gasteiger partial charge in [0.25, 0.3) is 0 Å². The molecule has 1 rings (SSSR count). The minimum absolute atomic E-state index is 0.0455. The molecule has 0 aromatic heterocycles. The molecule has 6 nitrogen and oxygen atoms in total. The Kier molecular flexibility index (Phi) is 4.96. The van der Waals surface area contributed by atoms with Crippen LogP contribution in [0.15, 0.2) is 16.6 Å². The lowest BCUT2D eigenvalue weighted by atomic mass is 10.2. The number of hydrogen-bond acceptors (Lipinski definition) is 5. The number of carbonyl (C=O) groups excluding carboxylic acids is 1. The van der Waals surface area contributed by atoms with Gasteiger partial charge in [0.1, 0.15) is 0 Å². The normalized spacial score (nSPS) is 9.72. The predicted molar refractivity (Wildman–Crippen MR) is 65.2 cm³/mol. The fourth-order valence-electron chi connectivity index (χ4n) is 1.17. The number of carboxylic acid groups (broad SMARTS) is 1. The van der Waals surface area contributed by atoms with Gasteiger partial charge in [-0.05, 0) is 28.1 Å². The van der Waals surface area contributed by atoms with Gasteiger partial charge in [0.2, 0.25) is 0 Å². The lowest BCUT2D eigenvalue weighted by Gasteiger charge is -2.12. The number of rotatable bonds is 5. The average molecular weight is 319 g/mol. The maximum Gasteiger partial charge on any atom is 0.343 e. The van der Waals surface area contributed by atoms with Crippen molar-refractivity contribution >= 4 is 27.9 Å². The van der Waals surface area contributed by atoms with Crippen molar-refractivity contribution in [3.05, 3.63) is 22.2 Å². The third-order valence-electron chi connectivity index (χ3n) is 2.04. The van der Waals surface area contributed by atoms with Gasteiger partial charge in [0.05, 0.1) is 24.3 Å². The maximum atomic E-state index is 11.0. The molecule has 1 aromatic rings. The molecule has 0 fully saturated rings. The second-order valence-electron chi connectivity index (χ2n) is 3.16. The van der Waals surface area contributed by atoms with E-state index in [2.05, 4.69) is 20.7 Å². The van der Waals surface area contributed by atoms with Crippen molar-refractivity contribution in [2.75, 3.05) is 20.8 Å². The topological polar surface area (TPSA) is 82.1 Å². The van der Waals surface area contributed by atoms with Crippen molar-refractivity contribution in [2.45, 2.75) is 0 Å². The Morgan fingerprint density at radius 1 is 1.33 bits per heavy atom. The van der Waals surface area contributed by atoms with E-state index in [1.807, 2.05) is 0 Å². The van der Waals surface area contributed by atoms with Gasteiger partial charge in [-0.15, -0.1) is 0 Å². The van der Waals surface area contributed by atoms with Gasteiger partial charge in [0, 0.05) is 0 Å². The molecule has 0 saturated carbocycles. The maximum absolute atomic E-state index is 11.0. The fraction of sp³-hybridized carbons (Fsp3) is 0.273. The molecule has 0 aliphatic heterocycles. The van der Waals surface area contributed by atoms with E-state index < -0.39 is 11.9 Å². The van der Waals surface area contributed by atoms with Crippen LogP contribution < -0.4 is 9.47 Å². The van der Waals surface area contributed by atoms with Crippen molar-refractivity contribution in [1.82, 2.24) is 0 Å². The molecule has 0 aliphatic carbocycles. The van der Waals surface area contributed by atoms with Crippen LogP contribution in [0.1, 0.15) is 10.4 Å². The Balaban J connectivity index is 3.03. The summed E-state index contributed by atoms with van der Waals surface area (Å²) in [6.45, 7) is -0.294. The first-order valence-electron chi connectivity index (χ1n) is 4.80. The Hall–Kier alpha value is -1.76. The molecular formula is C11H11BrO6. The minimum Gasteiger partial charge on any atom is -0.493 e. The number of esters is 1. The molecule has 0 spiro atoms. The van der Waals surface area contributed by atoms with Gasteiger partial charge in [-0.2, -0.15) is 0 Å². The van der Waals surface area contributed by atoms with Crippen molar-refractivity contribution < 1.29 is 28.9 Å². The first-order valence-corrected chi connectivity index (χ1v) is 5.59. The van der Waals surface area contributed by atoms with E-state index >= 15 is 0 Å². The molecule has 1 N–H and O–H groups in total. The molecule has 0 radical (unpaired) electrons. The summed E-state index contributed by atoms with van der Waals surface area (Å²) in [5, 5.41) is 8.88. The van der Waals surface area contributed by atoms with Crippen molar-refractivity contribution in [3.8, 4) is 11.5 Å². The molecule has 18 heavy (non-hydrogen) atoms. The molecule has 0 saturated heterocycles. The van der Waals surface area contributed by atoms with Crippen LogP contribution >= 0.6 is 15.9 Å². The SMILES string of the molecule is COC(=O)COc1c(Br)cc(C(=O)O)cc1OC. The van der Waals surface area contributed by atoms with Crippen molar-refractivity contribution in [1.29, 1.82) is 0 Å². The van der Waals surface area contributed by atoms with Crippen molar-refractivity contribution in [2.24, 2.45) is 0 Å². The summed E-state index contributed by atoms with van der Waals surface area (Å²) in [4.78, 5) is 21.8. The van der Waals surface area contributed by atoms with E-state index in [1.165, 1.54) is 26.4 Å². The summed E-state index contributed by atoms with van der Waals surface area (Å²) in [7, 11) is 2.61. The molecule has 0 heterocycles. The molecule has 0 bridgehead atoms. The minimum atomic E-state index is -1.09. The smallest absolute Gasteiger partial charge is 0.343 e. The number of carbonyl (C=O) groups is 2. The standard InChI is InChI=1S/C11H11BrO6/c1-16-8-4-6(11(14)15)3-7(12)10(8)18-5-9(13)17-2/h3-4H,5H2,1-2H3,(H,14,15). The summed E-state index contributed by atoms with van der Waals surface area (Å²) in [5.41, 5.74) is 0.0455. The van der Waals surface area contributed by atoms with Crippen LogP contribution in [-0.4, -0.2) is 37.9 Å². The van der Waals surface area contributed by atoms with Crippen LogP contribution in [0.5, 0.6) is 11.5 Å². The third kappa shape index (κ3) is 3.36. The fourth-order valence-corrected chi connectivity index (χ4v) is 1.73. The van der Waals surface area contributed by atoms with Crippen LogP contribution in [-0.2, 0) is 9.53 Å². The molecular weight excluding hydrogens is 308 g/mol.